The highest BCUT2D eigenvalue weighted by Crippen LogP contribution is 2.58. The number of allylic oxidation sites excluding steroid dienone is 12. The van der Waals surface area contributed by atoms with E-state index in [1.165, 1.54) is 33.4 Å². The van der Waals surface area contributed by atoms with E-state index in [9.17, 15) is 10.5 Å². The van der Waals surface area contributed by atoms with Gasteiger partial charge in [0.05, 0.1) is 46.0 Å². The van der Waals surface area contributed by atoms with Crippen LogP contribution in [0.1, 0.15) is 38.8 Å². The van der Waals surface area contributed by atoms with Gasteiger partial charge in [0.15, 0.2) is 11.2 Å². The highest BCUT2D eigenvalue weighted by Gasteiger charge is 2.46. The van der Waals surface area contributed by atoms with Crippen molar-refractivity contribution in [3.63, 3.8) is 0 Å². The predicted molar refractivity (Wildman–Crippen MR) is 266 cm³/mol. The summed E-state index contributed by atoms with van der Waals surface area (Å²) >= 11 is 0. The highest BCUT2D eigenvalue weighted by molar-refractivity contribution is 6.11. The lowest BCUT2D eigenvalue weighted by Gasteiger charge is -2.48. The Morgan fingerprint density at radius 3 is 1.56 bits per heavy atom. The fourth-order valence-corrected chi connectivity index (χ4v) is 10.9. The second-order valence-electron chi connectivity index (χ2n) is 18.2. The van der Waals surface area contributed by atoms with Crippen molar-refractivity contribution in [3.8, 4) is 12.1 Å². The van der Waals surface area contributed by atoms with Gasteiger partial charge in [-0.05, 0) is 130 Å². The third-order valence-corrected chi connectivity index (χ3v) is 13.9. The van der Waals surface area contributed by atoms with Crippen LogP contribution >= 0.6 is 0 Å². The van der Waals surface area contributed by atoms with Gasteiger partial charge >= 0.3 is 0 Å². The molecule has 4 aliphatic carbocycles. The Hall–Kier alpha value is -8.32. The minimum Gasteiger partial charge on any atom is -0.454 e. The van der Waals surface area contributed by atoms with E-state index < -0.39 is 0 Å². The Balaban J connectivity index is 1.11. The predicted octanol–water partition coefficient (Wildman–Crippen LogP) is 15.6. The maximum absolute atomic E-state index is 9.90. The fourth-order valence-electron chi connectivity index (χ4n) is 10.9. The molecule has 0 radical (unpaired) electrons. The average Bonchev–Trinajstić information content (AvgIpc) is 3.94. The SMILES string of the molecule is CC(C)C1=CC(N(c2ccc(C#N)cc2)c2cccc3c2oc2ccccc23)=C2C=CC3=C(C(C)C)C=C(N(c4ccc(C#N)cc4)c4cccc5c4oc4ccccc45)C4=CC=C1C2C43. The fraction of sp³-hybridized carbons (Fsp3) is 0.133. The first-order valence-electron chi connectivity index (χ1n) is 22.7. The summed E-state index contributed by atoms with van der Waals surface area (Å²) in [6.07, 6.45) is 14.3. The Morgan fingerprint density at radius 1 is 0.500 bits per heavy atom. The number of para-hydroxylation sites is 4. The van der Waals surface area contributed by atoms with Crippen LogP contribution < -0.4 is 9.80 Å². The first kappa shape index (κ1) is 39.3. The van der Waals surface area contributed by atoms with Crippen molar-refractivity contribution in [1.29, 1.82) is 10.5 Å². The Morgan fingerprint density at radius 2 is 1.00 bits per heavy atom. The maximum Gasteiger partial charge on any atom is 0.159 e. The van der Waals surface area contributed by atoms with Crippen molar-refractivity contribution >= 4 is 66.6 Å². The van der Waals surface area contributed by atoms with Crippen LogP contribution in [0.15, 0.2) is 224 Å². The maximum atomic E-state index is 9.90. The minimum absolute atomic E-state index is 0.0135. The lowest BCUT2D eigenvalue weighted by Crippen LogP contribution is -2.38. The van der Waals surface area contributed by atoms with Gasteiger partial charge < -0.3 is 18.6 Å². The van der Waals surface area contributed by atoms with Crippen molar-refractivity contribution in [2.75, 3.05) is 9.80 Å². The zero-order chi connectivity index (χ0) is 44.8. The van der Waals surface area contributed by atoms with E-state index in [0.717, 1.165) is 78.0 Å². The molecule has 6 heteroatoms. The summed E-state index contributed by atoms with van der Waals surface area (Å²) in [4.78, 5) is 4.71. The molecule has 0 spiro atoms. The lowest BCUT2D eigenvalue weighted by molar-refractivity contribution is 0.522. The van der Waals surface area contributed by atoms with Gasteiger partial charge in [-0.3, -0.25) is 0 Å². The molecule has 0 bridgehead atoms. The van der Waals surface area contributed by atoms with Gasteiger partial charge in [-0.25, -0.2) is 0 Å². The summed E-state index contributed by atoms with van der Waals surface area (Å²) in [5.41, 5.74) is 18.1. The molecule has 8 aromatic rings. The van der Waals surface area contributed by atoms with Crippen LogP contribution in [0.4, 0.5) is 22.7 Å². The summed E-state index contributed by atoms with van der Waals surface area (Å²) in [7, 11) is 0. The second-order valence-corrected chi connectivity index (χ2v) is 18.2. The van der Waals surface area contributed by atoms with Gasteiger partial charge in [0.25, 0.3) is 0 Å². The summed E-state index contributed by atoms with van der Waals surface area (Å²) in [6.45, 7) is 9.18. The van der Waals surface area contributed by atoms with Gasteiger partial charge in [-0.1, -0.05) is 113 Å². The van der Waals surface area contributed by atoms with E-state index in [1.807, 2.05) is 48.5 Å². The molecular weight excluding hydrogens is 809 g/mol. The van der Waals surface area contributed by atoms with E-state index in [2.05, 4.69) is 171 Å². The summed E-state index contributed by atoms with van der Waals surface area (Å²) < 4.78 is 13.5. The summed E-state index contributed by atoms with van der Waals surface area (Å²) in [5, 5.41) is 24.0. The van der Waals surface area contributed by atoms with Crippen molar-refractivity contribution in [1.82, 2.24) is 0 Å². The Kier molecular flexibility index (Phi) is 9.02. The molecule has 66 heavy (non-hydrogen) atoms. The van der Waals surface area contributed by atoms with Gasteiger partial charge in [-0.15, -0.1) is 0 Å². The van der Waals surface area contributed by atoms with Crippen molar-refractivity contribution in [2.24, 2.45) is 23.7 Å². The van der Waals surface area contributed by atoms with Gasteiger partial charge in [0.2, 0.25) is 0 Å². The number of anilines is 4. The van der Waals surface area contributed by atoms with Crippen LogP contribution in [0.3, 0.4) is 0 Å². The molecule has 2 unspecified atom stereocenters. The molecule has 0 amide bonds. The third-order valence-electron chi connectivity index (χ3n) is 13.9. The molecule has 2 heterocycles. The first-order chi connectivity index (χ1) is 32.3. The van der Waals surface area contributed by atoms with E-state index in [4.69, 9.17) is 8.83 Å². The first-order valence-corrected chi connectivity index (χ1v) is 22.7. The molecule has 6 aromatic carbocycles. The van der Waals surface area contributed by atoms with Crippen molar-refractivity contribution in [2.45, 2.75) is 27.7 Å². The molecule has 6 nitrogen and oxygen atoms in total. The van der Waals surface area contributed by atoms with Crippen LogP contribution in [0, 0.1) is 46.3 Å². The number of benzene rings is 6. The molecule has 316 valence electrons. The standard InChI is InChI=1S/C60H44N4O2/c1-35(2)49-31-53(63(39-23-19-37(33-61)20-24-39)51-15-9-13-45-41-11-5-7-17-55(41)65-59(45)51)47-30-28-44-50(36(3)4)32-54(48-29-27-43(49)57(47)58(44)48)64(40-25-21-38(34-62)22-26-40)52-16-10-14-46-42-12-6-8-18-56(42)66-60(46)52/h5-32,35-36,57-58H,1-4H3. The minimum atomic E-state index is -0.0135. The number of furan rings is 2. The van der Waals surface area contributed by atoms with Gasteiger partial charge in [0, 0.05) is 44.8 Å². The van der Waals surface area contributed by atoms with E-state index in [1.54, 1.807) is 0 Å². The second kappa shape index (κ2) is 15.2. The molecule has 0 fully saturated rings. The number of rotatable bonds is 8. The number of nitrogens with zero attached hydrogens (tertiary/aromatic N) is 4. The van der Waals surface area contributed by atoms with Crippen molar-refractivity contribution in [3.05, 3.63) is 226 Å². The smallest absolute Gasteiger partial charge is 0.159 e. The molecule has 0 N–H and O–H groups in total. The molecule has 2 atom stereocenters. The van der Waals surface area contributed by atoms with Gasteiger partial charge in [-0.2, -0.15) is 10.5 Å². The monoisotopic (exact) mass is 852 g/mol. The Labute approximate surface area is 383 Å². The van der Waals surface area contributed by atoms with Crippen molar-refractivity contribution < 1.29 is 8.83 Å². The molecule has 12 rings (SSSR count). The summed E-state index contributed by atoms with van der Waals surface area (Å²) in [5.74, 6) is 0.408. The molecule has 4 aliphatic rings. The molecule has 2 aromatic heterocycles. The molecule has 0 saturated heterocycles. The van der Waals surface area contributed by atoms with E-state index in [-0.39, 0.29) is 23.7 Å². The number of fused-ring (bicyclic) bond motifs is 6. The molecule has 0 aliphatic heterocycles. The lowest BCUT2D eigenvalue weighted by atomic mass is 9.59. The number of hydrogen-bond donors (Lipinski definition) is 0. The average molecular weight is 853 g/mol. The number of nitriles is 2. The van der Waals surface area contributed by atoms with Crippen LogP contribution in [0.2, 0.25) is 0 Å². The largest absolute Gasteiger partial charge is 0.454 e. The van der Waals surface area contributed by atoms with Crippen LogP contribution in [0.5, 0.6) is 0 Å². The Bertz CT molecular complexity index is 3680. The third kappa shape index (κ3) is 5.92. The zero-order valence-electron chi connectivity index (χ0n) is 37.1. The topological polar surface area (TPSA) is 80.3 Å². The summed E-state index contributed by atoms with van der Waals surface area (Å²) in [6, 6.07) is 49.8. The number of hydrogen-bond acceptors (Lipinski definition) is 6. The molecular formula is C60H44N4O2. The quantitative estimate of drug-likeness (QED) is 0.151. The zero-order valence-corrected chi connectivity index (χ0v) is 37.1. The van der Waals surface area contributed by atoms with E-state index >= 15 is 0 Å². The van der Waals surface area contributed by atoms with Crippen LogP contribution in [0.25, 0.3) is 43.9 Å². The normalized spacial score (nSPS) is 17.5. The van der Waals surface area contributed by atoms with Gasteiger partial charge in [0.1, 0.15) is 11.2 Å². The highest BCUT2D eigenvalue weighted by atomic mass is 16.3. The molecule has 0 saturated carbocycles. The van der Waals surface area contributed by atoms with E-state index in [0.29, 0.717) is 11.1 Å². The van der Waals surface area contributed by atoms with Crippen LogP contribution in [-0.2, 0) is 0 Å². The van der Waals surface area contributed by atoms with Crippen LogP contribution in [-0.4, -0.2) is 0 Å².